The van der Waals surface area contributed by atoms with Gasteiger partial charge < -0.3 is 15.3 Å². The summed E-state index contributed by atoms with van der Waals surface area (Å²) in [5.74, 6) is -0.960. The zero-order valence-electron chi connectivity index (χ0n) is 11.7. The number of amides is 2. The lowest BCUT2D eigenvalue weighted by Gasteiger charge is -2.21. The molecular formula is C15H20N2O3. The van der Waals surface area contributed by atoms with Crippen molar-refractivity contribution in [2.45, 2.75) is 32.6 Å². The molecule has 1 aromatic rings. The van der Waals surface area contributed by atoms with E-state index in [1.165, 1.54) is 18.9 Å². The Balaban J connectivity index is 2.05. The van der Waals surface area contributed by atoms with E-state index in [4.69, 9.17) is 5.11 Å². The zero-order chi connectivity index (χ0) is 14.5. The van der Waals surface area contributed by atoms with Crippen molar-refractivity contribution in [1.82, 2.24) is 4.90 Å². The van der Waals surface area contributed by atoms with Crippen LogP contribution in [-0.2, 0) is 0 Å². The first-order chi connectivity index (χ1) is 9.58. The van der Waals surface area contributed by atoms with Gasteiger partial charge >= 0.3 is 12.0 Å². The Labute approximate surface area is 118 Å². The summed E-state index contributed by atoms with van der Waals surface area (Å²) < 4.78 is 0. The Hall–Kier alpha value is -2.04. The highest BCUT2D eigenvalue weighted by atomic mass is 16.4. The van der Waals surface area contributed by atoms with Crippen molar-refractivity contribution in [3.8, 4) is 0 Å². The van der Waals surface area contributed by atoms with E-state index in [0.717, 1.165) is 31.5 Å². The molecule has 2 N–H and O–H groups in total. The number of carbonyl (C=O) groups is 2. The second-order valence-electron chi connectivity index (χ2n) is 5.17. The van der Waals surface area contributed by atoms with E-state index in [9.17, 15) is 9.59 Å². The summed E-state index contributed by atoms with van der Waals surface area (Å²) >= 11 is 0. The van der Waals surface area contributed by atoms with E-state index < -0.39 is 5.97 Å². The highest BCUT2D eigenvalue weighted by Crippen LogP contribution is 2.18. The molecule has 1 aliphatic rings. The topological polar surface area (TPSA) is 69.6 Å². The van der Waals surface area contributed by atoms with Gasteiger partial charge in [-0.15, -0.1) is 0 Å². The number of aromatic carboxylic acids is 1. The summed E-state index contributed by atoms with van der Waals surface area (Å²) in [4.78, 5) is 24.9. The Kier molecular flexibility index (Phi) is 4.61. The molecule has 5 nitrogen and oxygen atoms in total. The maximum absolute atomic E-state index is 12.2. The fourth-order valence-corrected chi connectivity index (χ4v) is 2.40. The average molecular weight is 276 g/mol. The molecule has 1 aromatic carbocycles. The monoisotopic (exact) mass is 276 g/mol. The molecule has 0 saturated carbocycles. The summed E-state index contributed by atoms with van der Waals surface area (Å²) in [6.07, 6.45) is 4.45. The van der Waals surface area contributed by atoms with Gasteiger partial charge in [-0.1, -0.05) is 12.8 Å². The molecule has 0 radical (unpaired) electrons. The summed E-state index contributed by atoms with van der Waals surface area (Å²) in [7, 11) is 0. The number of hydrogen-bond acceptors (Lipinski definition) is 2. The van der Waals surface area contributed by atoms with Gasteiger partial charge in [0.05, 0.1) is 5.56 Å². The second-order valence-corrected chi connectivity index (χ2v) is 5.17. The third kappa shape index (κ3) is 3.50. The standard InChI is InChI=1S/C15H20N2O3/c1-11-10-12(14(18)19)6-7-13(11)16-15(20)17-8-4-2-3-5-9-17/h6-7,10H,2-5,8-9H2,1H3,(H,16,20)(H,18,19). The van der Waals surface area contributed by atoms with Crippen LogP contribution < -0.4 is 5.32 Å². The van der Waals surface area contributed by atoms with Crippen molar-refractivity contribution < 1.29 is 14.7 Å². The number of benzene rings is 1. The Morgan fingerprint density at radius 2 is 1.80 bits per heavy atom. The highest BCUT2D eigenvalue weighted by Gasteiger charge is 2.16. The van der Waals surface area contributed by atoms with E-state index in [1.807, 2.05) is 4.90 Å². The van der Waals surface area contributed by atoms with Crippen LogP contribution in [0.4, 0.5) is 10.5 Å². The van der Waals surface area contributed by atoms with Crippen LogP contribution in [0.15, 0.2) is 18.2 Å². The van der Waals surface area contributed by atoms with Crippen LogP contribution in [0, 0.1) is 6.92 Å². The minimum atomic E-state index is -0.960. The molecule has 2 rings (SSSR count). The number of nitrogens with one attached hydrogen (secondary N) is 1. The number of anilines is 1. The van der Waals surface area contributed by atoms with E-state index in [0.29, 0.717) is 5.69 Å². The van der Waals surface area contributed by atoms with Crippen LogP contribution in [0.3, 0.4) is 0 Å². The Morgan fingerprint density at radius 3 is 2.35 bits per heavy atom. The van der Waals surface area contributed by atoms with Crippen LogP contribution in [0.2, 0.25) is 0 Å². The second kappa shape index (κ2) is 6.41. The van der Waals surface area contributed by atoms with Crippen molar-refractivity contribution >= 4 is 17.7 Å². The number of nitrogens with zero attached hydrogens (tertiary/aromatic N) is 1. The van der Waals surface area contributed by atoms with Gasteiger partial charge in [0, 0.05) is 18.8 Å². The van der Waals surface area contributed by atoms with Crippen molar-refractivity contribution in [3.63, 3.8) is 0 Å². The first-order valence-electron chi connectivity index (χ1n) is 6.98. The maximum Gasteiger partial charge on any atom is 0.335 e. The molecule has 2 amide bonds. The largest absolute Gasteiger partial charge is 0.478 e. The Morgan fingerprint density at radius 1 is 1.15 bits per heavy atom. The van der Waals surface area contributed by atoms with Gasteiger partial charge in [-0.05, 0) is 43.5 Å². The average Bonchev–Trinajstić information content (AvgIpc) is 2.69. The van der Waals surface area contributed by atoms with Crippen molar-refractivity contribution in [2.24, 2.45) is 0 Å². The number of carboxylic acids is 1. The van der Waals surface area contributed by atoms with Crippen LogP contribution in [0.25, 0.3) is 0 Å². The number of carbonyl (C=O) groups excluding carboxylic acids is 1. The highest BCUT2D eigenvalue weighted by molar-refractivity contribution is 5.92. The van der Waals surface area contributed by atoms with Crippen LogP contribution in [-0.4, -0.2) is 35.1 Å². The fourth-order valence-electron chi connectivity index (χ4n) is 2.40. The molecule has 0 bridgehead atoms. The minimum absolute atomic E-state index is 0.0990. The lowest BCUT2D eigenvalue weighted by atomic mass is 10.1. The van der Waals surface area contributed by atoms with E-state index in [2.05, 4.69) is 5.32 Å². The molecule has 0 spiro atoms. The molecule has 20 heavy (non-hydrogen) atoms. The van der Waals surface area contributed by atoms with Gasteiger partial charge in [0.2, 0.25) is 0 Å². The third-order valence-corrected chi connectivity index (χ3v) is 3.61. The summed E-state index contributed by atoms with van der Waals surface area (Å²) in [5, 5.41) is 11.8. The zero-order valence-corrected chi connectivity index (χ0v) is 11.7. The molecule has 5 heteroatoms. The van der Waals surface area contributed by atoms with Crippen molar-refractivity contribution in [1.29, 1.82) is 0 Å². The smallest absolute Gasteiger partial charge is 0.335 e. The van der Waals surface area contributed by atoms with Crippen LogP contribution in [0.1, 0.15) is 41.6 Å². The molecule has 1 aliphatic heterocycles. The molecule has 0 aromatic heterocycles. The molecule has 0 aliphatic carbocycles. The van der Waals surface area contributed by atoms with Gasteiger partial charge in [0.1, 0.15) is 0 Å². The first-order valence-corrected chi connectivity index (χ1v) is 6.98. The quantitative estimate of drug-likeness (QED) is 0.872. The number of urea groups is 1. The summed E-state index contributed by atoms with van der Waals surface area (Å²) in [5.41, 5.74) is 1.66. The first kappa shape index (κ1) is 14.4. The van der Waals surface area contributed by atoms with Gasteiger partial charge in [-0.3, -0.25) is 0 Å². The van der Waals surface area contributed by atoms with Crippen LogP contribution in [0.5, 0.6) is 0 Å². The van der Waals surface area contributed by atoms with Gasteiger partial charge in [-0.2, -0.15) is 0 Å². The van der Waals surface area contributed by atoms with Gasteiger partial charge in [-0.25, -0.2) is 9.59 Å². The summed E-state index contributed by atoms with van der Waals surface area (Å²) in [6.45, 7) is 3.38. The molecule has 0 atom stereocenters. The lowest BCUT2D eigenvalue weighted by Crippen LogP contribution is -2.35. The molecule has 108 valence electrons. The fraction of sp³-hybridized carbons (Fsp3) is 0.467. The molecule has 1 saturated heterocycles. The summed E-state index contributed by atoms with van der Waals surface area (Å²) in [6, 6.07) is 4.63. The number of hydrogen-bond donors (Lipinski definition) is 2. The number of carboxylic acid groups (broad SMARTS) is 1. The molecule has 0 unspecified atom stereocenters. The van der Waals surface area contributed by atoms with Crippen LogP contribution >= 0.6 is 0 Å². The molecule has 1 heterocycles. The van der Waals surface area contributed by atoms with E-state index in [1.54, 1.807) is 19.1 Å². The number of likely N-dealkylation sites (tertiary alicyclic amines) is 1. The van der Waals surface area contributed by atoms with E-state index in [-0.39, 0.29) is 11.6 Å². The van der Waals surface area contributed by atoms with E-state index >= 15 is 0 Å². The number of rotatable bonds is 2. The minimum Gasteiger partial charge on any atom is -0.478 e. The third-order valence-electron chi connectivity index (χ3n) is 3.61. The predicted molar refractivity (Wildman–Crippen MR) is 77.2 cm³/mol. The molecular weight excluding hydrogens is 256 g/mol. The SMILES string of the molecule is Cc1cc(C(=O)O)ccc1NC(=O)N1CCCCCC1. The lowest BCUT2D eigenvalue weighted by molar-refractivity contribution is 0.0697. The maximum atomic E-state index is 12.2. The Bertz CT molecular complexity index is 506. The number of aryl methyl sites for hydroxylation is 1. The van der Waals surface area contributed by atoms with Crippen molar-refractivity contribution in [3.05, 3.63) is 29.3 Å². The molecule has 1 fully saturated rings. The normalized spacial score (nSPS) is 15.6. The van der Waals surface area contributed by atoms with Crippen molar-refractivity contribution in [2.75, 3.05) is 18.4 Å². The van der Waals surface area contributed by atoms with Gasteiger partial charge in [0.15, 0.2) is 0 Å². The van der Waals surface area contributed by atoms with Gasteiger partial charge in [0.25, 0.3) is 0 Å². The predicted octanol–water partition coefficient (Wildman–Crippen LogP) is 3.10.